The van der Waals surface area contributed by atoms with E-state index in [0.29, 0.717) is 36.5 Å². The number of piperazine rings is 1. The molecule has 0 bridgehead atoms. The largest absolute Gasteiger partial charge is 0.462 e. The van der Waals surface area contributed by atoms with Crippen molar-refractivity contribution in [3.63, 3.8) is 0 Å². The zero-order valence-electron chi connectivity index (χ0n) is 22.3. The summed E-state index contributed by atoms with van der Waals surface area (Å²) in [5.74, 6) is -1.78. The minimum Gasteiger partial charge on any atom is -0.462 e. The minimum absolute atomic E-state index is 0.0902. The van der Waals surface area contributed by atoms with Crippen LogP contribution in [0, 0.1) is 5.82 Å². The number of pyridine rings is 1. The van der Waals surface area contributed by atoms with E-state index < -0.39 is 17.6 Å². The number of likely N-dealkylation sites (tertiary alicyclic amines) is 1. The minimum atomic E-state index is -0.985. The molecule has 1 unspecified atom stereocenters. The normalized spacial score (nSPS) is 18.0. The van der Waals surface area contributed by atoms with Gasteiger partial charge in [0.05, 0.1) is 5.39 Å². The highest BCUT2D eigenvalue weighted by Gasteiger charge is 2.28. The van der Waals surface area contributed by atoms with Gasteiger partial charge in [0.1, 0.15) is 23.6 Å². The Labute approximate surface area is 230 Å². The van der Waals surface area contributed by atoms with E-state index in [4.69, 9.17) is 4.74 Å². The second-order valence-electron chi connectivity index (χ2n) is 10.3. The van der Waals surface area contributed by atoms with Crippen LogP contribution in [0.3, 0.4) is 0 Å². The number of ether oxygens (including phenoxy) is 1. The zero-order valence-corrected chi connectivity index (χ0v) is 22.3. The van der Waals surface area contributed by atoms with E-state index in [0.717, 1.165) is 30.2 Å². The van der Waals surface area contributed by atoms with E-state index in [2.05, 4.69) is 33.5 Å². The van der Waals surface area contributed by atoms with Crippen LogP contribution < -0.4 is 9.64 Å². The molecule has 0 aliphatic carbocycles. The van der Waals surface area contributed by atoms with Crippen LogP contribution in [0.1, 0.15) is 12.8 Å². The summed E-state index contributed by atoms with van der Waals surface area (Å²) in [4.78, 5) is 31.4. The van der Waals surface area contributed by atoms with Crippen molar-refractivity contribution < 1.29 is 18.3 Å². The third kappa shape index (κ3) is 4.83. The van der Waals surface area contributed by atoms with Crippen molar-refractivity contribution in [3.8, 4) is 17.3 Å². The summed E-state index contributed by atoms with van der Waals surface area (Å²) < 4.78 is 35.8. The van der Waals surface area contributed by atoms with Gasteiger partial charge in [0.2, 0.25) is 0 Å². The molecule has 2 aromatic heterocycles. The summed E-state index contributed by atoms with van der Waals surface area (Å²) in [5.41, 5.74) is 0.993. The summed E-state index contributed by atoms with van der Waals surface area (Å²) in [6, 6.07) is 13.8. The van der Waals surface area contributed by atoms with Crippen molar-refractivity contribution in [1.82, 2.24) is 24.8 Å². The molecule has 206 valence electrons. The smallest absolute Gasteiger partial charge is 0.319 e. The van der Waals surface area contributed by atoms with Gasteiger partial charge in [-0.05, 0) is 37.2 Å². The Balaban J connectivity index is 1.41. The number of rotatable bonds is 6. The number of aromatic nitrogens is 3. The van der Waals surface area contributed by atoms with Gasteiger partial charge in [-0.25, -0.2) is 8.78 Å². The lowest BCUT2D eigenvalue weighted by Crippen LogP contribution is -2.49. The second-order valence-corrected chi connectivity index (χ2v) is 10.3. The van der Waals surface area contributed by atoms with Gasteiger partial charge < -0.3 is 19.4 Å². The van der Waals surface area contributed by atoms with Crippen LogP contribution >= 0.6 is 0 Å². The molecule has 0 saturated carbocycles. The maximum absolute atomic E-state index is 16.3. The lowest BCUT2D eigenvalue weighted by atomic mass is 10.0. The maximum atomic E-state index is 16.3. The standard InChI is InChI=1S/C30H30F2N6O2/c1-19(31)29(39)38-15-13-37(14-16-38)28-24-17-33-26(23-11-5-8-20-7-3-4-10-22(20)23)25(32)27(24)34-30(35-28)40-18-21-9-6-12-36(21)2/h3-5,7-8,10-11,17,21H,1,6,9,12-16,18H2,2H3. The fraction of sp³-hybridized carbons (Fsp3) is 0.333. The molecule has 10 heteroatoms. The molecule has 2 saturated heterocycles. The van der Waals surface area contributed by atoms with Crippen LogP contribution in [0.15, 0.2) is 61.1 Å². The number of carbonyl (C=O) groups is 1. The van der Waals surface area contributed by atoms with Crippen molar-refractivity contribution in [2.75, 3.05) is 51.3 Å². The molecule has 0 spiro atoms. The summed E-state index contributed by atoms with van der Waals surface area (Å²) in [5, 5.41) is 2.32. The molecule has 40 heavy (non-hydrogen) atoms. The number of halogens is 2. The van der Waals surface area contributed by atoms with Crippen molar-refractivity contribution in [3.05, 3.63) is 66.9 Å². The molecule has 4 aromatic rings. The zero-order chi connectivity index (χ0) is 27.8. The summed E-state index contributed by atoms with van der Waals surface area (Å²) >= 11 is 0. The lowest BCUT2D eigenvalue weighted by Gasteiger charge is -2.35. The first kappa shape index (κ1) is 26.1. The number of hydrogen-bond acceptors (Lipinski definition) is 7. The number of amides is 1. The SMILES string of the molecule is C=C(F)C(=O)N1CCN(c2nc(OCC3CCCN3C)nc3c(F)c(-c4cccc5ccccc45)ncc23)CC1. The van der Waals surface area contributed by atoms with Gasteiger partial charge >= 0.3 is 6.01 Å². The van der Waals surface area contributed by atoms with Crippen LogP contribution in [0.2, 0.25) is 0 Å². The van der Waals surface area contributed by atoms with Gasteiger partial charge in [-0.3, -0.25) is 9.78 Å². The van der Waals surface area contributed by atoms with E-state index in [1.165, 1.54) is 4.90 Å². The molecular weight excluding hydrogens is 514 g/mol. The molecule has 4 heterocycles. The number of benzene rings is 2. The second kappa shape index (κ2) is 10.8. The Morgan fingerprint density at radius 1 is 1.05 bits per heavy atom. The molecule has 8 nitrogen and oxygen atoms in total. The predicted molar refractivity (Wildman–Crippen MR) is 150 cm³/mol. The van der Waals surface area contributed by atoms with Crippen LogP contribution in [-0.4, -0.2) is 83.1 Å². The van der Waals surface area contributed by atoms with Crippen LogP contribution in [0.25, 0.3) is 32.9 Å². The Hall–Kier alpha value is -4.18. The van der Waals surface area contributed by atoms with E-state index in [1.54, 1.807) is 6.20 Å². The van der Waals surface area contributed by atoms with E-state index >= 15 is 4.39 Å². The average Bonchev–Trinajstić information content (AvgIpc) is 3.40. The summed E-state index contributed by atoms with van der Waals surface area (Å²) in [6.07, 6.45) is 3.70. The monoisotopic (exact) mass is 544 g/mol. The first-order valence-corrected chi connectivity index (χ1v) is 13.5. The van der Waals surface area contributed by atoms with E-state index in [-0.39, 0.29) is 36.4 Å². The number of hydrogen-bond donors (Lipinski definition) is 0. The predicted octanol–water partition coefficient (Wildman–Crippen LogP) is 4.59. The highest BCUT2D eigenvalue weighted by atomic mass is 19.1. The third-order valence-corrected chi connectivity index (χ3v) is 7.86. The van der Waals surface area contributed by atoms with Gasteiger partial charge in [0, 0.05) is 44.0 Å². The molecule has 2 aromatic carbocycles. The highest BCUT2D eigenvalue weighted by molar-refractivity contribution is 5.99. The Morgan fingerprint density at radius 3 is 2.58 bits per heavy atom. The first-order chi connectivity index (χ1) is 19.4. The first-order valence-electron chi connectivity index (χ1n) is 13.5. The molecule has 0 N–H and O–H groups in total. The Kier molecular flexibility index (Phi) is 7.02. The number of nitrogens with zero attached hydrogens (tertiary/aromatic N) is 6. The number of likely N-dealkylation sites (N-methyl/N-ethyl adjacent to an activating group) is 1. The molecule has 0 radical (unpaired) electrons. The highest BCUT2D eigenvalue weighted by Crippen LogP contribution is 2.35. The average molecular weight is 545 g/mol. The lowest BCUT2D eigenvalue weighted by molar-refractivity contribution is -0.128. The molecule has 1 amide bonds. The molecule has 2 aliphatic heterocycles. The quantitative estimate of drug-likeness (QED) is 0.329. The van der Waals surface area contributed by atoms with E-state index in [1.807, 2.05) is 47.4 Å². The van der Waals surface area contributed by atoms with Gasteiger partial charge in [0.25, 0.3) is 5.91 Å². The molecule has 1 atom stereocenters. The van der Waals surface area contributed by atoms with Crippen LogP contribution in [0.4, 0.5) is 14.6 Å². The van der Waals surface area contributed by atoms with Gasteiger partial charge in [-0.2, -0.15) is 9.97 Å². The molecule has 2 fully saturated rings. The molecule has 2 aliphatic rings. The topological polar surface area (TPSA) is 74.7 Å². The van der Waals surface area contributed by atoms with E-state index in [9.17, 15) is 9.18 Å². The molecular formula is C30H30F2N6O2. The van der Waals surface area contributed by atoms with Gasteiger partial charge in [-0.15, -0.1) is 0 Å². The maximum Gasteiger partial charge on any atom is 0.319 e. The fourth-order valence-electron chi connectivity index (χ4n) is 5.60. The fourth-order valence-corrected chi connectivity index (χ4v) is 5.60. The van der Waals surface area contributed by atoms with Crippen LogP contribution in [-0.2, 0) is 4.79 Å². The molecule has 6 rings (SSSR count). The number of carbonyl (C=O) groups excluding carboxylic acids is 1. The summed E-state index contributed by atoms with van der Waals surface area (Å²) in [7, 11) is 2.06. The number of anilines is 1. The Bertz CT molecular complexity index is 1600. The Morgan fingerprint density at radius 2 is 1.82 bits per heavy atom. The van der Waals surface area contributed by atoms with Gasteiger partial charge in [0.15, 0.2) is 11.6 Å². The van der Waals surface area contributed by atoms with Gasteiger partial charge in [-0.1, -0.05) is 49.0 Å². The van der Waals surface area contributed by atoms with Crippen LogP contribution in [0.5, 0.6) is 6.01 Å². The number of fused-ring (bicyclic) bond motifs is 2. The van der Waals surface area contributed by atoms with Crippen molar-refractivity contribution >= 4 is 33.4 Å². The van der Waals surface area contributed by atoms with Crippen molar-refractivity contribution in [1.29, 1.82) is 0 Å². The van der Waals surface area contributed by atoms with Crippen molar-refractivity contribution in [2.24, 2.45) is 0 Å². The van der Waals surface area contributed by atoms with Crippen molar-refractivity contribution in [2.45, 2.75) is 18.9 Å². The summed E-state index contributed by atoms with van der Waals surface area (Å²) in [6.45, 7) is 5.82. The third-order valence-electron chi connectivity index (χ3n) is 7.86.